The summed E-state index contributed by atoms with van der Waals surface area (Å²) in [6.45, 7) is 0.199. The normalized spacial score (nSPS) is 16.5. The van der Waals surface area contributed by atoms with E-state index >= 15 is 0 Å². The second kappa shape index (κ2) is 8.29. The predicted octanol–water partition coefficient (Wildman–Crippen LogP) is 1.51. The minimum Gasteiger partial charge on any atom is -0.354 e. The van der Waals surface area contributed by atoms with Crippen LogP contribution in [0.25, 0.3) is 0 Å². The first kappa shape index (κ1) is 17.7. The monoisotopic (exact) mass is 351 g/mol. The number of carbonyl (C=O) groups is 3. The number of hydrogen-bond donors (Lipinski definition) is 2. The molecule has 6 nitrogen and oxygen atoms in total. The maximum Gasteiger partial charge on any atom is 0.325 e. The molecule has 0 radical (unpaired) electrons. The number of urea groups is 1. The van der Waals surface area contributed by atoms with Crippen LogP contribution >= 0.6 is 0 Å². The average molecular weight is 351 g/mol. The van der Waals surface area contributed by atoms with Gasteiger partial charge in [0.05, 0.1) is 0 Å². The molecule has 6 heteroatoms. The van der Waals surface area contributed by atoms with Crippen LogP contribution in [0.15, 0.2) is 60.7 Å². The zero-order valence-electron chi connectivity index (χ0n) is 14.4. The largest absolute Gasteiger partial charge is 0.354 e. The van der Waals surface area contributed by atoms with Crippen molar-refractivity contribution in [1.82, 2.24) is 15.5 Å². The van der Waals surface area contributed by atoms with Gasteiger partial charge in [-0.05, 0) is 17.5 Å². The molecule has 0 saturated carbocycles. The van der Waals surface area contributed by atoms with Crippen molar-refractivity contribution in [1.29, 1.82) is 0 Å². The van der Waals surface area contributed by atoms with Gasteiger partial charge in [0, 0.05) is 13.0 Å². The molecule has 1 fully saturated rings. The van der Waals surface area contributed by atoms with Crippen molar-refractivity contribution in [2.45, 2.75) is 18.9 Å². The Kier molecular flexibility index (Phi) is 5.63. The highest BCUT2D eigenvalue weighted by molar-refractivity contribution is 6.06. The molecule has 0 spiro atoms. The SMILES string of the molecule is O=C(CN1C(=O)NC(Cc2ccccc2)C1=O)NCCc1ccccc1. The molecular weight excluding hydrogens is 330 g/mol. The summed E-state index contributed by atoms with van der Waals surface area (Å²) in [6.07, 6.45) is 1.11. The van der Waals surface area contributed by atoms with E-state index in [1.807, 2.05) is 60.7 Å². The van der Waals surface area contributed by atoms with E-state index < -0.39 is 12.1 Å². The number of benzene rings is 2. The summed E-state index contributed by atoms with van der Waals surface area (Å²) in [5.74, 6) is -0.707. The fourth-order valence-electron chi connectivity index (χ4n) is 2.91. The van der Waals surface area contributed by atoms with Crippen LogP contribution in [0.3, 0.4) is 0 Å². The number of amides is 4. The van der Waals surface area contributed by atoms with Gasteiger partial charge in [-0.15, -0.1) is 0 Å². The first-order chi connectivity index (χ1) is 12.6. The first-order valence-corrected chi connectivity index (χ1v) is 8.60. The smallest absolute Gasteiger partial charge is 0.325 e. The molecule has 1 atom stereocenters. The number of carbonyl (C=O) groups excluding carboxylic acids is 3. The van der Waals surface area contributed by atoms with Crippen LogP contribution in [-0.4, -0.2) is 41.9 Å². The number of rotatable bonds is 7. The van der Waals surface area contributed by atoms with E-state index in [0.29, 0.717) is 19.4 Å². The van der Waals surface area contributed by atoms with E-state index in [1.165, 1.54) is 0 Å². The van der Waals surface area contributed by atoms with Crippen molar-refractivity contribution in [2.24, 2.45) is 0 Å². The van der Waals surface area contributed by atoms with Crippen LogP contribution in [0.4, 0.5) is 4.79 Å². The maximum absolute atomic E-state index is 12.4. The Labute approximate surface area is 152 Å². The van der Waals surface area contributed by atoms with Gasteiger partial charge in [-0.1, -0.05) is 60.7 Å². The molecule has 2 N–H and O–H groups in total. The van der Waals surface area contributed by atoms with E-state index in [0.717, 1.165) is 16.0 Å². The zero-order chi connectivity index (χ0) is 18.4. The van der Waals surface area contributed by atoms with Gasteiger partial charge >= 0.3 is 6.03 Å². The molecular formula is C20H21N3O3. The molecule has 1 saturated heterocycles. The van der Waals surface area contributed by atoms with E-state index in [1.54, 1.807) is 0 Å². The molecule has 134 valence electrons. The Hall–Kier alpha value is -3.15. The quantitative estimate of drug-likeness (QED) is 0.742. The summed E-state index contributed by atoms with van der Waals surface area (Å²) in [4.78, 5) is 37.5. The lowest BCUT2D eigenvalue weighted by atomic mass is 10.1. The highest BCUT2D eigenvalue weighted by Gasteiger charge is 2.38. The molecule has 1 heterocycles. The van der Waals surface area contributed by atoms with Gasteiger partial charge in [0.15, 0.2) is 0 Å². The summed E-state index contributed by atoms with van der Waals surface area (Å²) >= 11 is 0. The van der Waals surface area contributed by atoms with Crippen LogP contribution in [0.1, 0.15) is 11.1 Å². The Morgan fingerprint density at radius 1 is 0.962 bits per heavy atom. The summed E-state index contributed by atoms with van der Waals surface area (Å²) in [7, 11) is 0. The van der Waals surface area contributed by atoms with Gasteiger partial charge < -0.3 is 10.6 Å². The van der Waals surface area contributed by atoms with E-state index in [-0.39, 0.29) is 18.4 Å². The molecule has 0 aromatic heterocycles. The molecule has 2 aromatic carbocycles. The topological polar surface area (TPSA) is 78.5 Å². The summed E-state index contributed by atoms with van der Waals surface area (Å²) in [5.41, 5.74) is 2.08. The molecule has 4 amide bonds. The second-order valence-corrected chi connectivity index (χ2v) is 6.20. The Morgan fingerprint density at radius 2 is 1.58 bits per heavy atom. The lowest BCUT2D eigenvalue weighted by Crippen LogP contribution is -2.41. The lowest BCUT2D eigenvalue weighted by molar-refractivity contribution is -0.132. The van der Waals surface area contributed by atoms with Gasteiger partial charge in [-0.3, -0.25) is 14.5 Å². The van der Waals surface area contributed by atoms with Crippen molar-refractivity contribution < 1.29 is 14.4 Å². The van der Waals surface area contributed by atoms with Crippen LogP contribution < -0.4 is 10.6 Å². The first-order valence-electron chi connectivity index (χ1n) is 8.60. The molecule has 0 aliphatic carbocycles. The molecule has 1 aliphatic rings. The van der Waals surface area contributed by atoms with Crippen molar-refractivity contribution in [3.05, 3.63) is 71.8 Å². The van der Waals surface area contributed by atoms with Gasteiger partial charge in [-0.25, -0.2) is 4.79 Å². The third-order valence-electron chi connectivity index (χ3n) is 4.27. The van der Waals surface area contributed by atoms with Crippen LogP contribution in [0, 0.1) is 0 Å². The third kappa shape index (κ3) is 4.47. The highest BCUT2D eigenvalue weighted by atomic mass is 16.2. The van der Waals surface area contributed by atoms with E-state index in [2.05, 4.69) is 10.6 Å². The standard InChI is InChI=1S/C20H21N3O3/c24-18(21-12-11-15-7-3-1-4-8-15)14-23-19(25)17(22-20(23)26)13-16-9-5-2-6-10-16/h1-10,17H,11-14H2,(H,21,24)(H,22,26). The van der Waals surface area contributed by atoms with Crippen LogP contribution in [0.2, 0.25) is 0 Å². The maximum atomic E-state index is 12.4. The average Bonchev–Trinajstić information content (AvgIpc) is 2.91. The highest BCUT2D eigenvalue weighted by Crippen LogP contribution is 2.12. The molecule has 0 bridgehead atoms. The number of imide groups is 1. The molecule has 26 heavy (non-hydrogen) atoms. The van der Waals surface area contributed by atoms with Crippen LogP contribution in [0.5, 0.6) is 0 Å². The van der Waals surface area contributed by atoms with E-state index in [9.17, 15) is 14.4 Å². The number of nitrogens with zero attached hydrogens (tertiary/aromatic N) is 1. The fraction of sp³-hybridized carbons (Fsp3) is 0.250. The molecule has 2 aromatic rings. The number of nitrogens with one attached hydrogen (secondary N) is 2. The summed E-state index contributed by atoms with van der Waals surface area (Å²) in [6, 6.07) is 18.1. The molecule has 1 unspecified atom stereocenters. The minimum atomic E-state index is -0.623. The van der Waals surface area contributed by atoms with Gasteiger partial charge in [0.1, 0.15) is 12.6 Å². The minimum absolute atomic E-state index is 0.259. The molecule has 3 rings (SSSR count). The van der Waals surface area contributed by atoms with Crippen molar-refractivity contribution >= 4 is 17.8 Å². The summed E-state index contributed by atoms with van der Waals surface area (Å²) in [5, 5.41) is 5.40. The fourth-order valence-corrected chi connectivity index (χ4v) is 2.91. The van der Waals surface area contributed by atoms with E-state index in [4.69, 9.17) is 0 Å². The van der Waals surface area contributed by atoms with Gasteiger partial charge in [0.2, 0.25) is 5.91 Å². The third-order valence-corrected chi connectivity index (χ3v) is 4.27. The van der Waals surface area contributed by atoms with Gasteiger partial charge in [-0.2, -0.15) is 0 Å². The second-order valence-electron chi connectivity index (χ2n) is 6.20. The predicted molar refractivity (Wildman–Crippen MR) is 97.3 cm³/mol. The Balaban J connectivity index is 1.48. The van der Waals surface area contributed by atoms with Crippen molar-refractivity contribution in [3.63, 3.8) is 0 Å². The zero-order valence-corrected chi connectivity index (χ0v) is 14.4. The molecule has 1 aliphatic heterocycles. The number of hydrogen-bond acceptors (Lipinski definition) is 3. The van der Waals surface area contributed by atoms with Crippen molar-refractivity contribution in [2.75, 3.05) is 13.1 Å². The van der Waals surface area contributed by atoms with Crippen LogP contribution in [-0.2, 0) is 22.4 Å². The van der Waals surface area contributed by atoms with Crippen molar-refractivity contribution in [3.8, 4) is 0 Å². The summed E-state index contributed by atoms with van der Waals surface area (Å²) < 4.78 is 0. The Morgan fingerprint density at radius 3 is 2.23 bits per heavy atom. The van der Waals surface area contributed by atoms with Gasteiger partial charge in [0.25, 0.3) is 5.91 Å². The Bertz CT molecular complexity index is 777. The lowest BCUT2D eigenvalue weighted by Gasteiger charge is -2.13.